The van der Waals surface area contributed by atoms with Gasteiger partial charge in [-0.1, -0.05) is 18.2 Å². The zero-order valence-electron chi connectivity index (χ0n) is 18.0. The summed E-state index contributed by atoms with van der Waals surface area (Å²) in [7, 11) is 0. The van der Waals surface area contributed by atoms with Crippen LogP contribution in [0.4, 0.5) is 5.69 Å². The van der Waals surface area contributed by atoms with Crippen molar-refractivity contribution < 1.29 is 4.42 Å². The molecule has 0 bridgehead atoms. The molecule has 0 amide bonds. The van der Waals surface area contributed by atoms with Gasteiger partial charge in [0.25, 0.3) is 0 Å². The van der Waals surface area contributed by atoms with Crippen molar-refractivity contribution in [3.05, 3.63) is 92.9 Å². The number of rotatable bonds is 4. The Balaban J connectivity index is 1.92. The Morgan fingerprint density at radius 2 is 1.90 bits per heavy atom. The molecule has 0 aliphatic rings. The second-order valence-electron chi connectivity index (χ2n) is 7.81. The van der Waals surface area contributed by atoms with Crippen LogP contribution >= 0.6 is 0 Å². The van der Waals surface area contributed by atoms with E-state index in [0.29, 0.717) is 33.4 Å². The quantitative estimate of drug-likeness (QED) is 0.459. The van der Waals surface area contributed by atoms with Crippen molar-refractivity contribution in [1.82, 2.24) is 4.98 Å². The number of hydrogen-bond acceptors (Lipinski definition) is 5. The topological polar surface area (TPSA) is 78.9 Å². The third-order valence-corrected chi connectivity index (χ3v) is 5.49. The minimum Gasteiger partial charge on any atom is -0.455 e. The first-order valence-corrected chi connectivity index (χ1v) is 10.2. The second kappa shape index (κ2) is 8.08. The van der Waals surface area contributed by atoms with E-state index in [2.05, 4.69) is 16.4 Å². The van der Waals surface area contributed by atoms with Gasteiger partial charge < -0.3 is 9.73 Å². The Morgan fingerprint density at radius 3 is 2.65 bits per heavy atom. The van der Waals surface area contributed by atoms with E-state index in [1.807, 2.05) is 51.1 Å². The molecule has 31 heavy (non-hydrogen) atoms. The van der Waals surface area contributed by atoms with Gasteiger partial charge in [0.2, 0.25) is 0 Å². The summed E-state index contributed by atoms with van der Waals surface area (Å²) in [6.45, 7) is 7.73. The number of nitrogens with one attached hydrogen (secondary N) is 1. The van der Waals surface area contributed by atoms with Gasteiger partial charge in [-0.2, -0.15) is 5.26 Å². The maximum atomic E-state index is 13.3. The predicted molar refractivity (Wildman–Crippen MR) is 123 cm³/mol. The van der Waals surface area contributed by atoms with E-state index in [0.717, 1.165) is 22.5 Å². The van der Waals surface area contributed by atoms with Crippen molar-refractivity contribution in [3.8, 4) is 17.4 Å². The number of fused-ring (bicyclic) bond motifs is 1. The highest BCUT2D eigenvalue weighted by atomic mass is 16.3. The smallest absolute Gasteiger partial charge is 0.196 e. The summed E-state index contributed by atoms with van der Waals surface area (Å²) < 4.78 is 6.37. The Labute approximate surface area is 181 Å². The number of pyridine rings is 1. The molecule has 0 spiro atoms. The molecular weight excluding hydrogens is 386 g/mol. The molecule has 0 fully saturated rings. The molecule has 0 unspecified atom stereocenters. The molecular formula is C26H23N3O2. The molecule has 4 rings (SSSR count). The minimum absolute atomic E-state index is 0.0617. The third-order valence-electron chi connectivity index (χ3n) is 5.49. The van der Waals surface area contributed by atoms with Gasteiger partial charge in [0.15, 0.2) is 5.43 Å². The molecule has 0 radical (unpaired) electrons. The number of hydrogen-bond donors (Lipinski definition) is 1. The first-order valence-electron chi connectivity index (χ1n) is 10.2. The van der Waals surface area contributed by atoms with Crippen LogP contribution in [0, 0.1) is 32.1 Å². The van der Waals surface area contributed by atoms with Crippen LogP contribution in [0.5, 0.6) is 0 Å². The van der Waals surface area contributed by atoms with Gasteiger partial charge in [0.1, 0.15) is 11.3 Å². The highest BCUT2D eigenvalue weighted by Gasteiger charge is 2.19. The lowest BCUT2D eigenvalue weighted by molar-refractivity contribution is 0.605. The highest BCUT2D eigenvalue weighted by Crippen LogP contribution is 2.32. The molecule has 0 aliphatic carbocycles. The summed E-state index contributed by atoms with van der Waals surface area (Å²) in [6, 6.07) is 16.9. The van der Waals surface area contributed by atoms with Gasteiger partial charge in [-0.3, -0.25) is 9.78 Å². The van der Waals surface area contributed by atoms with Gasteiger partial charge in [0, 0.05) is 22.9 Å². The summed E-state index contributed by atoms with van der Waals surface area (Å²) in [5.41, 5.74) is 5.98. The molecule has 4 aromatic rings. The van der Waals surface area contributed by atoms with Gasteiger partial charge in [-0.15, -0.1) is 0 Å². The fourth-order valence-electron chi connectivity index (χ4n) is 3.84. The molecule has 1 N–H and O–H groups in total. The van der Waals surface area contributed by atoms with Gasteiger partial charge in [-0.05, 0) is 63.6 Å². The van der Waals surface area contributed by atoms with Crippen LogP contribution < -0.4 is 10.7 Å². The van der Waals surface area contributed by atoms with E-state index in [1.165, 1.54) is 0 Å². The molecule has 154 valence electrons. The van der Waals surface area contributed by atoms with Gasteiger partial charge in [-0.25, -0.2) is 0 Å². The van der Waals surface area contributed by atoms with E-state index in [-0.39, 0.29) is 11.5 Å². The van der Waals surface area contributed by atoms with Crippen molar-refractivity contribution in [1.29, 1.82) is 5.26 Å². The summed E-state index contributed by atoms with van der Waals surface area (Å²) in [6.07, 6.45) is 1.76. The Hall–Kier alpha value is -3.91. The first kappa shape index (κ1) is 20.4. The summed E-state index contributed by atoms with van der Waals surface area (Å²) >= 11 is 0. The number of anilines is 1. The SMILES string of the molecule is Cc1cc([C@@H](C)Nc2cccnc2C)c2oc(-c3cccc(C#N)c3)c(C)c(=O)c2c1. The summed E-state index contributed by atoms with van der Waals surface area (Å²) in [5, 5.41) is 13.3. The third kappa shape index (κ3) is 3.80. The summed E-state index contributed by atoms with van der Waals surface area (Å²) in [5.74, 6) is 0.490. The zero-order valence-corrected chi connectivity index (χ0v) is 18.0. The lowest BCUT2D eigenvalue weighted by Crippen LogP contribution is -2.13. The molecule has 1 atom stereocenters. The van der Waals surface area contributed by atoms with E-state index in [1.54, 1.807) is 31.3 Å². The molecule has 0 saturated heterocycles. The Bertz CT molecular complexity index is 1400. The molecule has 5 nitrogen and oxygen atoms in total. The highest BCUT2D eigenvalue weighted by molar-refractivity contribution is 5.84. The maximum absolute atomic E-state index is 13.3. The molecule has 0 aliphatic heterocycles. The molecule has 2 heterocycles. The van der Waals surface area contributed by atoms with E-state index < -0.39 is 0 Å². The van der Waals surface area contributed by atoms with E-state index in [9.17, 15) is 10.1 Å². The van der Waals surface area contributed by atoms with E-state index in [4.69, 9.17) is 4.42 Å². The number of nitrogens with zero attached hydrogens (tertiary/aromatic N) is 2. The molecule has 0 saturated carbocycles. The molecule has 5 heteroatoms. The largest absolute Gasteiger partial charge is 0.455 e. The number of aryl methyl sites for hydroxylation is 2. The molecule has 2 aromatic carbocycles. The first-order chi connectivity index (χ1) is 14.9. The lowest BCUT2D eigenvalue weighted by atomic mass is 9.98. The maximum Gasteiger partial charge on any atom is 0.196 e. The Kier molecular flexibility index (Phi) is 5.31. The number of benzene rings is 2. The van der Waals surface area contributed by atoms with Crippen LogP contribution in [0.15, 0.2) is 63.9 Å². The van der Waals surface area contributed by atoms with Crippen molar-refractivity contribution in [3.63, 3.8) is 0 Å². The van der Waals surface area contributed by atoms with Crippen LogP contribution in [0.3, 0.4) is 0 Å². The fourth-order valence-corrected chi connectivity index (χ4v) is 3.84. The lowest BCUT2D eigenvalue weighted by Gasteiger charge is -2.19. The van der Waals surface area contributed by atoms with Crippen LogP contribution in [0.1, 0.15) is 40.9 Å². The van der Waals surface area contributed by atoms with E-state index >= 15 is 0 Å². The predicted octanol–water partition coefficient (Wildman–Crippen LogP) is 5.83. The number of aromatic nitrogens is 1. The zero-order chi connectivity index (χ0) is 22.1. The van der Waals surface area contributed by atoms with Crippen LogP contribution in [0.25, 0.3) is 22.3 Å². The van der Waals surface area contributed by atoms with Crippen molar-refractivity contribution in [2.24, 2.45) is 0 Å². The van der Waals surface area contributed by atoms with Crippen molar-refractivity contribution >= 4 is 16.7 Å². The number of nitriles is 1. The van der Waals surface area contributed by atoms with Crippen molar-refractivity contribution in [2.45, 2.75) is 33.7 Å². The minimum atomic E-state index is -0.116. The second-order valence-corrected chi connectivity index (χ2v) is 7.81. The standard InChI is InChI=1S/C26H23N3O2/c1-15-11-21(17(3)29-23-9-6-10-28-18(23)4)26-22(12-15)24(30)16(2)25(31-26)20-8-5-7-19(13-20)14-27/h5-13,17,29H,1-4H3/t17-/m1/s1. The average molecular weight is 409 g/mol. The van der Waals surface area contributed by atoms with Crippen LogP contribution in [-0.4, -0.2) is 4.98 Å². The van der Waals surface area contributed by atoms with Crippen LogP contribution in [-0.2, 0) is 0 Å². The van der Waals surface area contributed by atoms with Crippen molar-refractivity contribution in [2.75, 3.05) is 5.32 Å². The summed E-state index contributed by atoms with van der Waals surface area (Å²) in [4.78, 5) is 17.6. The average Bonchev–Trinajstić information content (AvgIpc) is 2.77. The monoisotopic (exact) mass is 409 g/mol. The van der Waals surface area contributed by atoms with Gasteiger partial charge in [0.05, 0.1) is 34.4 Å². The normalized spacial score (nSPS) is 11.8. The van der Waals surface area contributed by atoms with Gasteiger partial charge >= 0.3 is 0 Å². The fraction of sp³-hybridized carbons (Fsp3) is 0.192. The van der Waals surface area contributed by atoms with Crippen LogP contribution in [0.2, 0.25) is 0 Å². The molecule has 2 aromatic heterocycles. The Morgan fingerprint density at radius 1 is 1.10 bits per heavy atom.